The summed E-state index contributed by atoms with van der Waals surface area (Å²) in [6.45, 7) is 1.93. The smallest absolute Gasteiger partial charge is 0.161 e. The molecule has 3 aromatic heterocycles. The average molecular weight is 520 g/mol. The number of β-amino-alcohol motifs (C(OH)–C–C–N with tert-alkyl or cyclic N) is 1. The van der Waals surface area contributed by atoms with E-state index in [1.165, 1.54) is 0 Å². The number of fused-ring (bicyclic) bond motifs is 5. The molecule has 5 heterocycles. The minimum Gasteiger partial charge on any atom is -0.390 e. The van der Waals surface area contributed by atoms with Crippen LogP contribution in [0.25, 0.3) is 28.3 Å². The Balaban J connectivity index is 0.00000152. The molecule has 0 unspecified atom stereocenters. The summed E-state index contributed by atoms with van der Waals surface area (Å²) in [4.78, 5) is 13.9. The summed E-state index contributed by atoms with van der Waals surface area (Å²) in [5.74, 6) is 1.75. The first kappa shape index (κ1) is 25.9. The highest BCUT2D eigenvalue weighted by Crippen LogP contribution is 2.34. The van der Waals surface area contributed by atoms with Crippen molar-refractivity contribution >= 4 is 32.8 Å². The molecule has 0 amide bonds. The molecule has 4 aromatic rings. The first-order valence-electron chi connectivity index (χ1n) is 11.4. The van der Waals surface area contributed by atoms with Gasteiger partial charge in [-0.05, 0) is 50.0 Å². The SMILES string of the molecule is CN(C)[C@H]1CN(c2ccc3c(n2)Cn2cc(-c4ccc(C#N)cc4)cc2-c2nccn2-3)C[C@@H]1O.S.S. The minimum atomic E-state index is -0.401. The Morgan fingerprint density at radius 1 is 1.06 bits per heavy atom. The zero-order valence-corrected chi connectivity index (χ0v) is 22.1. The van der Waals surface area contributed by atoms with Crippen LogP contribution in [0.1, 0.15) is 11.3 Å². The molecule has 0 aliphatic carbocycles. The van der Waals surface area contributed by atoms with E-state index in [0.29, 0.717) is 18.7 Å². The Labute approximate surface area is 224 Å². The largest absolute Gasteiger partial charge is 0.390 e. The third-order valence-electron chi connectivity index (χ3n) is 6.88. The molecule has 36 heavy (non-hydrogen) atoms. The van der Waals surface area contributed by atoms with Crippen LogP contribution in [0.3, 0.4) is 0 Å². The van der Waals surface area contributed by atoms with Gasteiger partial charge in [0.25, 0.3) is 0 Å². The van der Waals surface area contributed by atoms with Gasteiger partial charge < -0.3 is 19.5 Å². The average Bonchev–Trinajstić information content (AvgIpc) is 3.56. The quantitative estimate of drug-likeness (QED) is 0.395. The lowest BCUT2D eigenvalue weighted by Crippen LogP contribution is -2.38. The minimum absolute atomic E-state index is 0. The van der Waals surface area contributed by atoms with Crippen molar-refractivity contribution in [1.29, 1.82) is 5.26 Å². The number of anilines is 1. The van der Waals surface area contributed by atoms with Gasteiger partial charge in [0.2, 0.25) is 0 Å². The van der Waals surface area contributed by atoms with Crippen molar-refractivity contribution in [3.8, 4) is 34.4 Å². The highest BCUT2D eigenvalue weighted by Gasteiger charge is 2.34. The number of aliphatic hydroxyl groups excluding tert-OH is 1. The molecule has 0 bridgehead atoms. The highest BCUT2D eigenvalue weighted by molar-refractivity contribution is 7.59. The second kappa shape index (κ2) is 10.0. The molecule has 1 aromatic carbocycles. The lowest BCUT2D eigenvalue weighted by Gasteiger charge is -2.22. The number of nitriles is 1. The predicted molar refractivity (Wildman–Crippen MR) is 150 cm³/mol. The van der Waals surface area contributed by atoms with E-state index in [9.17, 15) is 5.11 Å². The summed E-state index contributed by atoms with van der Waals surface area (Å²) in [5.41, 5.74) is 5.78. The Kier molecular flexibility index (Phi) is 7.20. The van der Waals surface area contributed by atoms with Crippen molar-refractivity contribution in [2.24, 2.45) is 0 Å². The van der Waals surface area contributed by atoms with E-state index in [4.69, 9.17) is 10.2 Å². The second-order valence-electron chi connectivity index (χ2n) is 9.19. The van der Waals surface area contributed by atoms with Gasteiger partial charge in [0.1, 0.15) is 5.82 Å². The van der Waals surface area contributed by atoms with E-state index in [-0.39, 0.29) is 33.0 Å². The van der Waals surface area contributed by atoms with Crippen LogP contribution in [0.15, 0.2) is 61.1 Å². The van der Waals surface area contributed by atoms with E-state index in [0.717, 1.165) is 46.4 Å². The molecule has 1 N–H and O–H groups in total. The number of likely N-dealkylation sites (N-methyl/N-ethyl adjacent to an activating group) is 1. The van der Waals surface area contributed by atoms with Crippen molar-refractivity contribution in [3.05, 3.63) is 72.3 Å². The summed E-state index contributed by atoms with van der Waals surface area (Å²) in [6, 6.07) is 16.2. The van der Waals surface area contributed by atoms with Crippen LogP contribution in [0.4, 0.5) is 5.82 Å². The Morgan fingerprint density at radius 3 is 2.53 bits per heavy atom. The maximum Gasteiger partial charge on any atom is 0.161 e. The lowest BCUT2D eigenvalue weighted by atomic mass is 10.1. The van der Waals surface area contributed by atoms with E-state index in [1.807, 2.05) is 56.8 Å². The first-order chi connectivity index (χ1) is 16.5. The summed E-state index contributed by atoms with van der Waals surface area (Å²) < 4.78 is 4.28. The topological polar surface area (TPSA) is 86.1 Å². The van der Waals surface area contributed by atoms with Crippen LogP contribution in [0, 0.1) is 11.3 Å². The summed E-state index contributed by atoms with van der Waals surface area (Å²) in [6.07, 6.45) is 5.51. The van der Waals surface area contributed by atoms with Crippen molar-refractivity contribution in [2.75, 3.05) is 32.1 Å². The monoisotopic (exact) mass is 519 g/mol. The van der Waals surface area contributed by atoms with Gasteiger partial charge in [-0.1, -0.05) is 12.1 Å². The van der Waals surface area contributed by atoms with E-state index in [1.54, 1.807) is 0 Å². The van der Waals surface area contributed by atoms with Crippen LogP contribution in [0.5, 0.6) is 0 Å². The summed E-state index contributed by atoms with van der Waals surface area (Å²) >= 11 is 0. The van der Waals surface area contributed by atoms with Gasteiger partial charge in [-0.25, -0.2) is 9.97 Å². The van der Waals surface area contributed by atoms with Crippen LogP contribution >= 0.6 is 27.0 Å². The van der Waals surface area contributed by atoms with Crippen LogP contribution in [0.2, 0.25) is 0 Å². The Bertz CT molecular complexity index is 1420. The van der Waals surface area contributed by atoms with Gasteiger partial charge in [-0.3, -0.25) is 4.57 Å². The molecule has 8 nitrogen and oxygen atoms in total. The molecule has 10 heteroatoms. The number of hydrogen-bond acceptors (Lipinski definition) is 6. The van der Waals surface area contributed by atoms with Gasteiger partial charge in [0.05, 0.1) is 47.4 Å². The highest BCUT2D eigenvalue weighted by atomic mass is 32.1. The molecule has 186 valence electrons. The molecule has 2 aliphatic heterocycles. The molecular formula is C26H29N7OS2. The number of imidazole rings is 1. The predicted octanol–water partition coefficient (Wildman–Crippen LogP) is 2.97. The molecular weight excluding hydrogens is 490 g/mol. The van der Waals surface area contributed by atoms with Crippen LogP contribution < -0.4 is 4.90 Å². The summed E-state index contributed by atoms with van der Waals surface area (Å²) in [5, 5.41) is 19.6. The van der Waals surface area contributed by atoms with Gasteiger partial charge in [-0.15, -0.1) is 0 Å². The number of benzene rings is 1. The lowest BCUT2D eigenvalue weighted by molar-refractivity contribution is 0.114. The third kappa shape index (κ3) is 4.29. The number of aliphatic hydroxyl groups is 1. The van der Waals surface area contributed by atoms with Crippen molar-refractivity contribution in [1.82, 2.24) is 24.0 Å². The van der Waals surface area contributed by atoms with Crippen molar-refractivity contribution < 1.29 is 5.11 Å². The van der Waals surface area contributed by atoms with Gasteiger partial charge >= 0.3 is 0 Å². The molecule has 0 spiro atoms. The fourth-order valence-corrected chi connectivity index (χ4v) is 5.03. The van der Waals surface area contributed by atoms with E-state index >= 15 is 0 Å². The molecule has 0 saturated carbocycles. The number of pyridine rings is 1. The maximum absolute atomic E-state index is 10.5. The Morgan fingerprint density at radius 2 is 1.83 bits per heavy atom. The zero-order valence-electron chi connectivity index (χ0n) is 20.1. The number of hydrogen-bond donors (Lipinski definition) is 1. The van der Waals surface area contributed by atoms with Gasteiger partial charge in [0.15, 0.2) is 5.82 Å². The van der Waals surface area contributed by atoms with E-state index < -0.39 is 6.10 Å². The standard InChI is InChI=1S/C26H25N7O.2H2S/c1-30(2)23-15-32(16-24(23)34)25-8-7-21-20(29-25)14-31-13-19(18-5-3-17(12-27)4-6-18)11-22(31)26-28-9-10-33(21)26;;/h3-11,13,23-24,34H,14-16H2,1-2H3;2*1H2/t23-,24-;;/m0../s1. The number of aromatic nitrogens is 4. The Hall–Kier alpha value is -3.23. The molecule has 6 rings (SSSR count). The van der Waals surface area contributed by atoms with Crippen LogP contribution in [-0.2, 0) is 6.54 Å². The first-order valence-corrected chi connectivity index (χ1v) is 11.4. The van der Waals surface area contributed by atoms with E-state index in [2.05, 4.69) is 48.3 Å². The van der Waals surface area contributed by atoms with Crippen molar-refractivity contribution in [2.45, 2.75) is 18.7 Å². The number of rotatable bonds is 3. The molecule has 2 aliphatic rings. The maximum atomic E-state index is 10.5. The fraction of sp³-hybridized carbons (Fsp3) is 0.269. The zero-order chi connectivity index (χ0) is 23.4. The molecule has 0 radical (unpaired) electrons. The normalized spacial score (nSPS) is 17.8. The summed E-state index contributed by atoms with van der Waals surface area (Å²) in [7, 11) is 4.00. The van der Waals surface area contributed by atoms with Crippen LogP contribution in [-0.4, -0.2) is 68.4 Å². The third-order valence-corrected chi connectivity index (χ3v) is 6.88. The molecule has 1 fully saturated rings. The molecule has 1 saturated heterocycles. The second-order valence-corrected chi connectivity index (χ2v) is 9.19. The number of nitrogens with zero attached hydrogens (tertiary/aromatic N) is 7. The van der Waals surface area contributed by atoms with Gasteiger partial charge in [0, 0.05) is 37.2 Å². The fourth-order valence-electron chi connectivity index (χ4n) is 5.03. The molecule has 2 atom stereocenters. The van der Waals surface area contributed by atoms with Gasteiger partial charge in [-0.2, -0.15) is 32.3 Å². The van der Waals surface area contributed by atoms with Crippen molar-refractivity contribution in [3.63, 3.8) is 0 Å².